The molecule has 2 saturated heterocycles. The number of rotatable bonds is 9. The molecule has 4 aliphatic rings. The zero-order valence-electron chi connectivity index (χ0n) is 23.8. The molecule has 2 aliphatic carbocycles. The smallest absolute Gasteiger partial charge is 0.335 e. The Morgan fingerprint density at radius 2 is 2.12 bits per heavy atom. The van der Waals surface area contributed by atoms with Gasteiger partial charge >= 0.3 is 5.97 Å². The molecule has 11 heteroatoms. The van der Waals surface area contributed by atoms with Crippen LogP contribution in [-0.4, -0.2) is 59.2 Å². The Hall–Kier alpha value is -3.18. The molecule has 2 aromatic heterocycles. The highest BCUT2D eigenvalue weighted by Gasteiger charge is 2.47. The fourth-order valence-corrected chi connectivity index (χ4v) is 8.31. The van der Waals surface area contributed by atoms with E-state index in [1.807, 2.05) is 25.1 Å². The maximum absolute atomic E-state index is 11.8. The van der Waals surface area contributed by atoms with Crippen molar-refractivity contribution in [3.05, 3.63) is 57.8 Å². The summed E-state index contributed by atoms with van der Waals surface area (Å²) in [5.74, 6) is 1.27. The normalized spacial score (nSPS) is 24.8. The van der Waals surface area contributed by atoms with Gasteiger partial charge in [0.15, 0.2) is 5.13 Å². The Morgan fingerprint density at radius 1 is 1.23 bits per heavy atom. The second-order valence-corrected chi connectivity index (χ2v) is 13.6. The topological polar surface area (TPSA) is 107 Å². The van der Waals surface area contributed by atoms with Crippen LogP contribution in [0.5, 0.6) is 5.75 Å². The van der Waals surface area contributed by atoms with Crippen molar-refractivity contribution in [1.29, 1.82) is 0 Å². The van der Waals surface area contributed by atoms with Gasteiger partial charge in [0.1, 0.15) is 28.8 Å². The maximum Gasteiger partial charge on any atom is 0.335 e. The van der Waals surface area contributed by atoms with Gasteiger partial charge in [-0.15, -0.1) is 0 Å². The van der Waals surface area contributed by atoms with E-state index in [0.717, 1.165) is 82.1 Å². The van der Waals surface area contributed by atoms with E-state index in [1.165, 1.54) is 11.3 Å². The van der Waals surface area contributed by atoms with E-state index in [0.29, 0.717) is 48.5 Å². The van der Waals surface area contributed by atoms with E-state index in [4.69, 9.17) is 35.3 Å². The van der Waals surface area contributed by atoms with Crippen molar-refractivity contribution in [1.82, 2.24) is 10.1 Å². The lowest BCUT2D eigenvalue weighted by Crippen LogP contribution is -2.38. The Labute approximate surface area is 257 Å². The van der Waals surface area contributed by atoms with E-state index >= 15 is 0 Å². The Bertz CT molecular complexity index is 1690. The number of aromatic nitrogens is 2. The Balaban J connectivity index is 1.00. The molecule has 2 saturated carbocycles. The van der Waals surface area contributed by atoms with Crippen LogP contribution in [0.1, 0.15) is 65.3 Å². The monoisotopic (exact) mass is 621 g/mol. The van der Waals surface area contributed by atoms with Crippen LogP contribution in [0.25, 0.3) is 21.5 Å². The van der Waals surface area contributed by atoms with Crippen molar-refractivity contribution < 1.29 is 28.6 Å². The number of nitrogens with zero attached hydrogens (tertiary/aromatic N) is 3. The van der Waals surface area contributed by atoms with Crippen LogP contribution in [-0.2, 0) is 16.1 Å². The summed E-state index contributed by atoms with van der Waals surface area (Å²) in [6.45, 7) is 4.50. The number of halogens is 1. The van der Waals surface area contributed by atoms with Crippen LogP contribution in [0, 0.1) is 12.8 Å². The van der Waals surface area contributed by atoms with Gasteiger partial charge in [-0.1, -0.05) is 40.2 Å². The van der Waals surface area contributed by atoms with Crippen molar-refractivity contribution in [3.8, 4) is 17.0 Å². The predicted molar refractivity (Wildman–Crippen MR) is 163 cm³/mol. The number of carboxylic acids is 1. The number of thiazole rings is 1. The molecule has 4 aromatic rings. The molecule has 4 atom stereocenters. The minimum atomic E-state index is -0.977. The summed E-state index contributed by atoms with van der Waals surface area (Å²) in [6.07, 6.45) is 5.01. The molecule has 0 unspecified atom stereocenters. The van der Waals surface area contributed by atoms with Crippen molar-refractivity contribution in [2.24, 2.45) is 5.92 Å². The minimum Gasteiger partial charge on any atom is -0.486 e. The van der Waals surface area contributed by atoms with Crippen LogP contribution in [0.4, 0.5) is 5.13 Å². The highest BCUT2D eigenvalue weighted by Crippen LogP contribution is 2.48. The molecule has 2 aliphatic heterocycles. The molecule has 224 valence electrons. The minimum absolute atomic E-state index is 0.0914. The molecular weight excluding hydrogens is 590 g/mol. The average molecular weight is 622 g/mol. The first-order valence-corrected chi connectivity index (χ1v) is 16.2. The third kappa shape index (κ3) is 4.98. The zero-order chi connectivity index (χ0) is 29.2. The van der Waals surface area contributed by atoms with Crippen LogP contribution in [0.2, 0.25) is 5.02 Å². The van der Waals surface area contributed by atoms with E-state index in [-0.39, 0.29) is 17.8 Å². The molecule has 4 fully saturated rings. The molecule has 2 bridgehead atoms. The summed E-state index contributed by atoms with van der Waals surface area (Å²) in [7, 11) is 0. The third-order valence-electron chi connectivity index (χ3n) is 9.27. The standard InChI is InChI=1S/C32H32ClN3O6S/c1-16-3-2-4-23(33)27(16)28-22(30(42-35-28)17-5-6-17)15-40-24-12-20-9-19(24)13-36(20)32-34-29-25(41-21-7-8-39-14-21)10-18(31(37)38)11-26(29)43-32/h2-4,10-11,17,19-21,24H,5-9,12-15H2,1H3,(H,37,38)/t19-,20-,21-,24+/m0/s1. The first-order chi connectivity index (χ1) is 20.9. The number of hydrogen-bond acceptors (Lipinski definition) is 9. The summed E-state index contributed by atoms with van der Waals surface area (Å²) < 4.78 is 25.0. The highest BCUT2D eigenvalue weighted by molar-refractivity contribution is 7.22. The summed E-state index contributed by atoms with van der Waals surface area (Å²) in [4.78, 5) is 19.2. The lowest BCUT2D eigenvalue weighted by atomic mass is 10.00. The molecule has 9 nitrogen and oxygen atoms in total. The van der Waals surface area contributed by atoms with Gasteiger partial charge in [-0.2, -0.15) is 0 Å². The average Bonchev–Trinajstić information content (AvgIpc) is 3.48. The highest BCUT2D eigenvalue weighted by atomic mass is 35.5. The molecule has 0 amide bonds. The molecular formula is C32H32ClN3O6S. The van der Waals surface area contributed by atoms with Gasteiger partial charge in [0, 0.05) is 42.0 Å². The van der Waals surface area contributed by atoms with Crippen LogP contribution >= 0.6 is 22.9 Å². The number of anilines is 1. The van der Waals surface area contributed by atoms with Gasteiger partial charge in [0.2, 0.25) is 0 Å². The number of aromatic carboxylic acids is 1. The van der Waals surface area contributed by atoms with Gasteiger partial charge in [-0.05, 0) is 56.4 Å². The van der Waals surface area contributed by atoms with Crippen molar-refractivity contribution in [3.63, 3.8) is 0 Å². The van der Waals surface area contributed by atoms with Crippen LogP contribution in [0.15, 0.2) is 34.9 Å². The summed E-state index contributed by atoms with van der Waals surface area (Å²) in [5, 5.41) is 15.8. The third-order valence-corrected chi connectivity index (χ3v) is 10.6. The molecule has 4 heterocycles. The van der Waals surface area contributed by atoms with Gasteiger partial charge in [0.25, 0.3) is 0 Å². The molecule has 0 radical (unpaired) electrons. The van der Waals surface area contributed by atoms with Gasteiger partial charge in [-0.3, -0.25) is 0 Å². The molecule has 2 aromatic carbocycles. The molecule has 43 heavy (non-hydrogen) atoms. The Kier molecular flexibility index (Phi) is 6.85. The lowest BCUT2D eigenvalue weighted by molar-refractivity contribution is 0.0122. The fraction of sp³-hybridized carbons (Fsp3) is 0.469. The number of benzene rings is 2. The summed E-state index contributed by atoms with van der Waals surface area (Å²) >= 11 is 8.15. The van der Waals surface area contributed by atoms with Crippen molar-refractivity contribution in [2.75, 3.05) is 24.7 Å². The number of ether oxygens (including phenoxy) is 3. The first-order valence-electron chi connectivity index (χ1n) is 15.0. The van der Waals surface area contributed by atoms with E-state index < -0.39 is 5.97 Å². The quantitative estimate of drug-likeness (QED) is 0.215. The largest absolute Gasteiger partial charge is 0.486 e. The number of piperidine rings is 1. The molecule has 8 rings (SSSR count). The SMILES string of the molecule is Cc1cccc(Cl)c1-c1noc(C2CC2)c1CO[C@@H]1C[C@@H]2C[C@H]1CN2c1nc2c(O[C@H]3CCOC3)cc(C(=O)O)cc2s1. The van der Waals surface area contributed by atoms with Gasteiger partial charge in [-0.25, -0.2) is 9.78 Å². The van der Waals surface area contributed by atoms with E-state index in [9.17, 15) is 9.90 Å². The first kappa shape index (κ1) is 27.4. The number of carboxylic acid groups (broad SMARTS) is 1. The van der Waals surface area contributed by atoms with Gasteiger partial charge in [0.05, 0.1) is 41.2 Å². The second kappa shape index (κ2) is 10.8. The molecule has 0 spiro atoms. The van der Waals surface area contributed by atoms with Crippen LogP contribution in [0.3, 0.4) is 0 Å². The number of fused-ring (bicyclic) bond motifs is 3. The van der Waals surface area contributed by atoms with Crippen molar-refractivity contribution in [2.45, 2.75) is 69.8 Å². The van der Waals surface area contributed by atoms with E-state index in [2.05, 4.69) is 10.1 Å². The van der Waals surface area contributed by atoms with E-state index in [1.54, 1.807) is 12.1 Å². The number of hydrogen-bond donors (Lipinski definition) is 1. The number of aryl methyl sites for hydroxylation is 1. The maximum atomic E-state index is 11.8. The lowest BCUT2D eigenvalue weighted by Gasteiger charge is -2.31. The predicted octanol–water partition coefficient (Wildman–Crippen LogP) is 6.84. The Morgan fingerprint density at radius 3 is 2.84 bits per heavy atom. The molecule has 1 N–H and O–H groups in total. The van der Waals surface area contributed by atoms with Crippen LogP contribution < -0.4 is 9.64 Å². The van der Waals surface area contributed by atoms with Crippen molar-refractivity contribution >= 4 is 44.3 Å². The second-order valence-electron chi connectivity index (χ2n) is 12.2. The summed E-state index contributed by atoms with van der Waals surface area (Å²) in [5.41, 5.74) is 4.74. The van der Waals surface area contributed by atoms with Gasteiger partial charge < -0.3 is 28.7 Å². The fourth-order valence-electron chi connectivity index (χ4n) is 6.90. The summed E-state index contributed by atoms with van der Waals surface area (Å²) in [6, 6.07) is 9.50. The number of carbonyl (C=O) groups is 1. The zero-order valence-corrected chi connectivity index (χ0v) is 25.3.